The number of likely N-dealkylation sites (tertiary alicyclic amines) is 1. The molecule has 2 heterocycles. The fraction of sp³-hybridized carbons (Fsp3) is 0.438. The molecule has 0 saturated carbocycles. The number of urea groups is 1. The van der Waals surface area contributed by atoms with Crippen LogP contribution < -0.4 is 5.32 Å². The molecular formula is C16H19N3O3S. The molecule has 6 nitrogen and oxygen atoms in total. The number of carboxylic acid groups (broad SMARTS) is 1. The number of fused-ring (bicyclic) bond motifs is 1. The number of hydrogen-bond donors (Lipinski definition) is 2. The highest BCUT2D eigenvalue weighted by Crippen LogP contribution is 2.29. The zero-order chi connectivity index (χ0) is 16.6. The second-order valence-electron chi connectivity index (χ2n) is 6.09. The van der Waals surface area contributed by atoms with Gasteiger partial charge in [0, 0.05) is 24.7 Å². The van der Waals surface area contributed by atoms with E-state index in [1.807, 2.05) is 18.2 Å². The van der Waals surface area contributed by atoms with Crippen molar-refractivity contribution in [1.82, 2.24) is 9.88 Å². The van der Waals surface area contributed by atoms with Gasteiger partial charge in [-0.1, -0.05) is 13.8 Å². The topological polar surface area (TPSA) is 82.5 Å². The highest BCUT2D eigenvalue weighted by atomic mass is 32.1. The summed E-state index contributed by atoms with van der Waals surface area (Å²) in [6, 6.07) is 5.40. The lowest BCUT2D eigenvalue weighted by Crippen LogP contribution is -2.33. The van der Waals surface area contributed by atoms with Crippen LogP contribution in [0.15, 0.2) is 18.2 Å². The fourth-order valence-electron chi connectivity index (χ4n) is 2.62. The van der Waals surface area contributed by atoms with Gasteiger partial charge in [0.15, 0.2) is 0 Å². The van der Waals surface area contributed by atoms with Crippen molar-refractivity contribution < 1.29 is 14.7 Å². The Morgan fingerprint density at radius 2 is 2.22 bits per heavy atom. The van der Waals surface area contributed by atoms with Gasteiger partial charge in [-0.2, -0.15) is 0 Å². The Balaban J connectivity index is 1.71. The number of thiazole rings is 1. The third-order valence-electron chi connectivity index (χ3n) is 3.97. The zero-order valence-corrected chi connectivity index (χ0v) is 13.9. The number of hydrogen-bond acceptors (Lipinski definition) is 4. The molecule has 0 bridgehead atoms. The molecule has 1 aliphatic rings. The Morgan fingerprint density at radius 1 is 1.43 bits per heavy atom. The molecule has 3 rings (SSSR count). The Morgan fingerprint density at radius 3 is 2.87 bits per heavy atom. The van der Waals surface area contributed by atoms with Gasteiger partial charge in [-0.25, -0.2) is 9.78 Å². The number of anilines is 1. The largest absolute Gasteiger partial charge is 0.481 e. The summed E-state index contributed by atoms with van der Waals surface area (Å²) >= 11 is 1.63. The minimum absolute atomic E-state index is 0.248. The minimum atomic E-state index is -0.840. The molecule has 1 aliphatic heterocycles. The van der Waals surface area contributed by atoms with Crippen LogP contribution in [0.5, 0.6) is 0 Å². The van der Waals surface area contributed by atoms with Crippen molar-refractivity contribution in [3.05, 3.63) is 23.2 Å². The first kappa shape index (κ1) is 15.7. The van der Waals surface area contributed by atoms with Gasteiger partial charge >= 0.3 is 12.0 Å². The van der Waals surface area contributed by atoms with E-state index >= 15 is 0 Å². The van der Waals surface area contributed by atoms with Gasteiger partial charge in [0.05, 0.1) is 21.1 Å². The summed E-state index contributed by atoms with van der Waals surface area (Å²) < 4.78 is 1.04. The average Bonchev–Trinajstić information content (AvgIpc) is 3.13. The number of benzene rings is 1. The van der Waals surface area contributed by atoms with Gasteiger partial charge in [0.1, 0.15) is 0 Å². The number of carbonyl (C=O) groups is 2. The van der Waals surface area contributed by atoms with E-state index < -0.39 is 11.9 Å². The van der Waals surface area contributed by atoms with Crippen molar-refractivity contribution in [2.24, 2.45) is 5.92 Å². The summed E-state index contributed by atoms with van der Waals surface area (Å²) in [6.07, 6.45) is 0.508. The third-order valence-corrected chi connectivity index (χ3v) is 5.29. The predicted octanol–water partition coefficient (Wildman–Crippen LogP) is 3.36. The highest BCUT2D eigenvalue weighted by molar-refractivity contribution is 7.18. The van der Waals surface area contributed by atoms with Gasteiger partial charge < -0.3 is 15.3 Å². The van der Waals surface area contributed by atoms with Crippen molar-refractivity contribution in [3.8, 4) is 0 Å². The molecule has 122 valence electrons. The van der Waals surface area contributed by atoms with Gasteiger partial charge in [-0.15, -0.1) is 11.3 Å². The molecule has 1 atom stereocenters. The molecule has 1 fully saturated rings. The summed E-state index contributed by atoms with van der Waals surface area (Å²) in [6.45, 7) is 4.95. The monoisotopic (exact) mass is 333 g/mol. The molecule has 1 aromatic carbocycles. The minimum Gasteiger partial charge on any atom is -0.481 e. The molecular weight excluding hydrogens is 314 g/mol. The van der Waals surface area contributed by atoms with Gasteiger partial charge in [0.2, 0.25) is 0 Å². The summed E-state index contributed by atoms with van der Waals surface area (Å²) in [5.41, 5.74) is 1.64. The second kappa shape index (κ2) is 6.16. The lowest BCUT2D eigenvalue weighted by molar-refractivity contribution is -0.141. The SMILES string of the molecule is CC(C)c1nc2ccc(NC(=O)N3CCC(C(=O)O)C3)cc2s1. The summed E-state index contributed by atoms with van der Waals surface area (Å²) in [5, 5.41) is 12.9. The molecule has 0 spiro atoms. The second-order valence-corrected chi connectivity index (χ2v) is 7.15. The lowest BCUT2D eigenvalue weighted by atomic mass is 10.1. The highest BCUT2D eigenvalue weighted by Gasteiger charge is 2.30. The van der Waals surface area contributed by atoms with Crippen LogP contribution in [0, 0.1) is 5.92 Å². The maximum absolute atomic E-state index is 12.2. The number of rotatable bonds is 3. The zero-order valence-electron chi connectivity index (χ0n) is 13.1. The van der Waals surface area contributed by atoms with Crippen LogP contribution in [-0.2, 0) is 4.79 Å². The van der Waals surface area contributed by atoms with E-state index in [1.54, 1.807) is 16.2 Å². The standard InChI is InChI=1S/C16H19N3O3S/c1-9(2)14-18-12-4-3-11(7-13(12)23-14)17-16(22)19-6-5-10(8-19)15(20)21/h3-4,7,9-10H,5-6,8H2,1-2H3,(H,17,22)(H,20,21). The van der Waals surface area contributed by atoms with E-state index in [0.29, 0.717) is 24.6 Å². The first-order valence-electron chi connectivity index (χ1n) is 7.63. The van der Waals surface area contributed by atoms with Crippen LogP contribution in [0.25, 0.3) is 10.2 Å². The van der Waals surface area contributed by atoms with Crippen LogP contribution in [0.1, 0.15) is 31.2 Å². The van der Waals surface area contributed by atoms with Crippen molar-refractivity contribution in [2.45, 2.75) is 26.2 Å². The third kappa shape index (κ3) is 3.29. The lowest BCUT2D eigenvalue weighted by Gasteiger charge is -2.16. The van der Waals surface area contributed by atoms with E-state index in [1.165, 1.54) is 0 Å². The number of aromatic nitrogens is 1. The number of nitrogens with zero attached hydrogens (tertiary/aromatic N) is 2. The van der Waals surface area contributed by atoms with Crippen LogP contribution in [0.4, 0.5) is 10.5 Å². The Kier molecular flexibility index (Phi) is 4.21. The fourth-order valence-corrected chi connectivity index (χ4v) is 3.63. The number of aliphatic carboxylic acids is 1. The smallest absolute Gasteiger partial charge is 0.321 e. The molecule has 23 heavy (non-hydrogen) atoms. The van der Waals surface area contributed by atoms with E-state index in [2.05, 4.69) is 24.1 Å². The number of carbonyl (C=O) groups excluding carboxylic acids is 1. The van der Waals surface area contributed by atoms with Gasteiger partial charge in [-0.05, 0) is 24.6 Å². The number of amides is 2. The van der Waals surface area contributed by atoms with Crippen LogP contribution >= 0.6 is 11.3 Å². The maximum Gasteiger partial charge on any atom is 0.321 e. The summed E-state index contributed by atoms with van der Waals surface area (Å²) in [5.74, 6) is -0.922. The molecule has 2 N–H and O–H groups in total. The summed E-state index contributed by atoms with van der Waals surface area (Å²) in [4.78, 5) is 29.3. The molecule has 0 aliphatic carbocycles. The molecule has 1 aromatic heterocycles. The van der Waals surface area contributed by atoms with E-state index in [-0.39, 0.29) is 12.6 Å². The molecule has 1 saturated heterocycles. The maximum atomic E-state index is 12.2. The molecule has 2 aromatic rings. The van der Waals surface area contributed by atoms with E-state index in [9.17, 15) is 9.59 Å². The predicted molar refractivity (Wildman–Crippen MR) is 90.0 cm³/mol. The quantitative estimate of drug-likeness (QED) is 0.902. The number of carboxylic acids is 1. The summed E-state index contributed by atoms with van der Waals surface area (Å²) in [7, 11) is 0. The normalized spacial score (nSPS) is 17.9. The Hall–Kier alpha value is -2.15. The molecule has 0 radical (unpaired) electrons. The first-order valence-corrected chi connectivity index (χ1v) is 8.45. The van der Waals surface area contributed by atoms with Crippen LogP contribution in [0.2, 0.25) is 0 Å². The number of nitrogens with one attached hydrogen (secondary N) is 1. The average molecular weight is 333 g/mol. The molecule has 1 unspecified atom stereocenters. The van der Waals surface area contributed by atoms with Gasteiger partial charge in [0.25, 0.3) is 0 Å². The Labute approximate surface area is 138 Å². The van der Waals surface area contributed by atoms with Crippen LogP contribution in [-0.4, -0.2) is 40.1 Å². The van der Waals surface area contributed by atoms with Crippen LogP contribution in [0.3, 0.4) is 0 Å². The Bertz CT molecular complexity index is 756. The van der Waals surface area contributed by atoms with Crippen molar-refractivity contribution in [1.29, 1.82) is 0 Å². The van der Waals surface area contributed by atoms with Gasteiger partial charge in [-0.3, -0.25) is 4.79 Å². The van der Waals surface area contributed by atoms with E-state index in [4.69, 9.17) is 5.11 Å². The van der Waals surface area contributed by atoms with Crippen molar-refractivity contribution in [3.63, 3.8) is 0 Å². The van der Waals surface area contributed by atoms with E-state index in [0.717, 1.165) is 15.2 Å². The van der Waals surface area contributed by atoms with Crippen molar-refractivity contribution in [2.75, 3.05) is 18.4 Å². The van der Waals surface area contributed by atoms with Crippen molar-refractivity contribution >= 4 is 39.2 Å². The molecule has 2 amide bonds. The first-order chi connectivity index (χ1) is 10.9. The molecule has 7 heteroatoms.